The van der Waals surface area contributed by atoms with Gasteiger partial charge in [-0.05, 0) is 31.0 Å². The van der Waals surface area contributed by atoms with E-state index in [-0.39, 0.29) is 11.8 Å². The van der Waals surface area contributed by atoms with E-state index in [0.717, 1.165) is 41.5 Å². The lowest BCUT2D eigenvalue weighted by Gasteiger charge is -2.54. The fourth-order valence-corrected chi connectivity index (χ4v) is 4.69. The number of aromatic nitrogens is 4. The number of nitrogens with one attached hydrogen (secondary N) is 1. The van der Waals surface area contributed by atoms with Gasteiger partial charge in [-0.1, -0.05) is 6.07 Å². The Balaban J connectivity index is 1.29. The third-order valence-corrected chi connectivity index (χ3v) is 6.24. The fraction of sp³-hybridized carbons (Fsp3) is 0.318. The predicted octanol–water partition coefficient (Wildman–Crippen LogP) is 1.80. The number of hydrogen-bond donors (Lipinski definition) is 1. The minimum atomic E-state index is -1.61. The van der Waals surface area contributed by atoms with E-state index < -0.39 is 24.0 Å². The molecule has 1 spiro atoms. The van der Waals surface area contributed by atoms with Gasteiger partial charge in [0.15, 0.2) is 6.10 Å². The fourth-order valence-electron chi connectivity index (χ4n) is 4.69. The van der Waals surface area contributed by atoms with Crippen molar-refractivity contribution in [1.29, 1.82) is 0 Å². The van der Waals surface area contributed by atoms with Crippen molar-refractivity contribution >= 4 is 22.8 Å². The molecule has 1 atom stereocenters. The van der Waals surface area contributed by atoms with Crippen molar-refractivity contribution in [1.82, 2.24) is 25.3 Å². The van der Waals surface area contributed by atoms with Gasteiger partial charge < -0.3 is 14.2 Å². The molecular formula is C22H19N5O5. The first-order chi connectivity index (χ1) is 15.6. The smallest absolute Gasteiger partial charge is 0.359 e. The van der Waals surface area contributed by atoms with Crippen molar-refractivity contribution in [2.45, 2.75) is 24.9 Å². The van der Waals surface area contributed by atoms with E-state index in [1.807, 2.05) is 29.2 Å². The Labute approximate surface area is 182 Å². The number of nitrogens with zero attached hydrogens (tertiary/aromatic N) is 4. The highest BCUT2D eigenvalue weighted by molar-refractivity contribution is 5.93. The van der Waals surface area contributed by atoms with Crippen LogP contribution in [0.5, 0.6) is 5.88 Å². The van der Waals surface area contributed by atoms with E-state index in [9.17, 15) is 9.59 Å². The molecule has 4 aliphatic heterocycles. The molecule has 0 radical (unpaired) electrons. The number of carbonyl (C=O) groups excluding carboxylic acids is 2. The maximum Gasteiger partial charge on any atom is 0.359 e. The van der Waals surface area contributed by atoms with Crippen molar-refractivity contribution in [2.75, 3.05) is 13.1 Å². The summed E-state index contributed by atoms with van der Waals surface area (Å²) in [6.45, 7) is 1.29. The minimum absolute atomic E-state index is 0.0451. The number of esters is 2. The molecule has 3 aromatic rings. The highest BCUT2D eigenvalue weighted by Gasteiger charge is 2.62. The van der Waals surface area contributed by atoms with Gasteiger partial charge in [0.1, 0.15) is 0 Å². The molecule has 2 bridgehead atoms. The second kappa shape index (κ2) is 7.13. The lowest BCUT2D eigenvalue weighted by Crippen LogP contribution is -2.71. The Hall–Kier alpha value is -3.79. The number of piperidine rings is 3. The van der Waals surface area contributed by atoms with Gasteiger partial charge in [-0.3, -0.25) is 5.10 Å². The first-order valence-electron chi connectivity index (χ1n) is 10.4. The second-order valence-corrected chi connectivity index (χ2v) is 8.10. The molecule has 162 valence electrons. The second-order valence-electron chi connectivity index (χ2n) is 8.10. The van der Waals surface area contributed by atoms with Crippen LogP contribution in [0.4, 0.5) is 0 Å². The molecule has 0 unspecified atom stereocenters. The lowest BCUT2D eigenvalue weighted by molar-refractivity contribution is -0.349. The molecule has 0 saturated carbocycles. The molecule has 1 aromatic carbocycles. The summed E-state index contributed by atoms with van der Waals surface area (Å²) in [5.74, 6) is -2.59. The third-order valence-electron chi connectivity index (χ3n) is 6.24. The monoisotopic (exact) mass is 433 g/mol. The van der Waals surface area contributed by atoms with Crippen LogP contribution in [0.3, 0.4) is 0 Å². The summed E-state index contributed by atoms with van der Waals surface area (Å²) in [5, 5.41) is 16.5. The summed E-state index contributed by atoms with van der Waals surface area (Å²) in [6.07, 6.45) is 4.86. The molecular weight excluding hydrogens is 414 g/mol. The molecule has 10 nitrogen and oxygen atoms in total. The molecule has 6 heterocycles. The first kappa shape index (κ1) is 18.9. The van der Waals surface area contributed by atoms with Gasteiger partial charge in [-0.2, -0.15) is 5.10 Å². The zero-order valence-electron chi connectivity index (χ0n) is 16.9. The highest BCUT2D eigenvalue weighted by Crippen LogP contribution is 2.43. The van der Waals surface area contributed by atoms with E-state index in [2.05, 4.69) is 20.4 Å². The van der Waals surface area contributed by atoms with Crippen LogP contribution in [-0.2, 0) is 19.1 Å². The van der Waals surface area contributed by atoms with Crippen LogP contribution in [0.1, 0.15) is 12.8 Å². The van der Waals surface area contributed by atoms with Crippen LogP contribution in [-0.4, -0.2) is 62.3 Å². The van der Waals surface area contributed by atoms with E-state index >= 15 is 0 Å². The Morgan fingerprint density at radius 1 is 1.03 bits per heavy atom. The van der Waals surface area contributed by atoms with Gasteiger partial charge in [0, 0.05) is 48.2 Å². The maximum absolute atomic E-state index is 12.2. The van der Waals surface area contributed by atoms with Gasteiger partial charge in [0.05, 0.1) is 17.4 Å². The van der Waals surface area contributed by atoms with Gasteiger partial charge in [0.25, 0.3) is 0 Å². The summed E-state index contributed by atoms with van der Waals surface area (Å²) in [4.78, 5) is 26.2. The van der Waals surface area contributed by atoms with Crippen molar-refractivity contribution < 1.29 is 23.8 Å². The number of hydrogen-bond acceptors (Lipinski definition) is 9. The standard InChI is InChI=1S/C22H19N5O5/c28-19-5-6-20(29)32-22(31-19)21(13-7-9-27(22)10-8-13)30-18-4-3-16(25-26-18)14-1-2-17-15(11-14)12-23-24-17/h1-6,11-13,21H,7-10H2,(H,23,24)/t21-/m1/s1. The molecule has 2 aromatic heterocycles. The zero-order chi connectivity index (χ0) is 21.7. The Morgan fingerprint density at radius 2 is 1.81 bits per heavy atom. The average molecular weight is 433 g/mol. The molecule has 10 heteroatoms. The number of aromatic amines is 1. The highest BCUT2D eigenvalue weighted by atomic mass is 16.8. The van der Waals surface area contributed by atoms with E-state index in [1.54, 1.807) is 12.3 Å². The number of rotatable bonds is 3. The lowest BCUT2D eigenvalue weighted by atomic mass is 9.82. The zero-order valence-corrected chi connectivity index (χ0v) is 16.9. The van der Waals surface area contributed by atoms with Crippen LogP contribution < -0.4 is 4.74 Å². The number of H-pyrrole nitrogens is 1. The molecule has 7 rings (SSSR count). The first-order valence-corrected chi connectivity index (χ1v) is 10.4. The van der Waals surface area contributed by atoms with Crippen molar-refractivity contribution in [3.63, 3.8) is 0 Å². The summed E-state index contributed by atoms with van der Waals surface area (Å²) >= 11 is 0. The van der Waals surface area contributed by atoms with Crippen molar-refractivity contribution in [3.05, 3.63) is 48.7 Å². The summed E-state index contributed by atoms with van der Waals surface area (Å²) in [6, 6.07) is 9.37. The van der Waals surface area contributed by atoms with E-state index in [1.165, 1.54) is 0 Å². The molecule has 0 aliphatic carbocycles. The molecule has 32 heavy (non-hydrogen) atoms. The molecule has 4 aliphatic rings. The number of ether oxygens (including phenoxy) is 3. The third kappa shape index (κ3) is 3.02. The van der Waals surface area contributed by atoms with Gasteiger partial charge >= 0.3 is 17.8 Å². The minimum Gasteiger partial charge on any atom is -0.463 e. The quantitative estimate of drug-likeness (QED) is 0.617. The van der Waals surface area contributed by atoms with Crippen LogP contribution in [0.15, 0.2) is 48.7 Å². The van der Waals surface area contributed by atoms with Crippen molar-refractivity contribution in [3.8, 4) is 17.1 Å². The van der Waals surface area contributed by atoms with Crippen LogP contribution in [0, 0.1) is 5.92 Å². The number of benzene rings is 1. The Bertz CT molecular complexity index is 1210. The number of fused-ring (bicyclic) bond motifs is 3. The van der Waals surface area contributed by atoms with E-state index in [0.29, 0.717) is 18.8 Å². The largest absolute Gasteiger partial charge is 0.463 e. The summed E-state index contributed by atoms with van der Waals surface area (Å²) in [5.41, 5.74) is 2.52. The molecule has 1 N–H and O–H groups in total. The number of carbonyl (C=O) groups is 2. The van der Waals surface area contributed by atoms with Crippen LogP contribution >= 0.6 is 0 Å². The molecule has 3 fully saturated rings. The topological polar surface area (TPSA) is 120 Å². The van der Waals surface area contributed by atoms with Crippen molar-refractivity contribution in [2.24, 2.45) is 5.92 Å². The predicted molar refractivity (Wildman–Crippen MR) is 110 cm³/mol. The Morgan fingerprint density at radius 3 is 2.53 bits per heavy atom. The molecule has 3 saturated heterocycles. The normalized spacial score (nSPS) is 26.1. The van der Waals surface area contributed by atoms with E-state index in [4.69, 9.17) is 14.2 Å². The summed E-state index contributed by atoms with van der Waals surface area (Å²) < 4.78 is 17.4. The van der Waals surface area contributed by atoms with Gasteiger partial charge in [0.2, 0.25) is 5.88 Å². The van der Waals surface area contributed by atoms with Crippen LogP contribution in [0.25, 0.3) is 22.2 Å². The van der Waals surface area contributed by atoms with Crippen LogP contribution in [0.2, 0.25) is 0 Å². The molecule has 0 amide bonds. The average Bonchev–Trinajstić information content (AvgIpc) is 3.23. The van der Waals surface area contributed by atoms with Gasteiger partial charge in [-0.15, -0.1) is 10.2 Å². The maximum atomic E-state index is 12.2. The Kier molecular flexibility index (Phi) is 4.22. The van der Waals surface area contributed by atoms with Gasteiger partial charge in [-0.25, -0.2) is 14.5 Å². The summed E-state index contributed by atoms with van der Waals surface area (Å²) in [7, 11) is 0. The SMILES string of the molecule is O=C1C=CC(=O)OC2(O1)[C@H](Oc1ccc(-c3ccc4[nH]ncc4c3)nn1)C1CCN2CC1.